The Balaban J connectivity index is 1.85. The SMILES string of the molecule is COc1ccc(C(=O)CC=Nc2cc(/C=C\c3cc(OC)c(OC)c(OC)c3)cc(Cl)c2OC)cc1OC. The molecule has 0 heterocycles. The minimum atomic E-state index is -0.127. The van der Waals surface area contributed by atoms with Gasteiger partial charge in [-0.15, -0.1) is 0 Å². The van der Waals surface area contributed by atoms with Crippen molar-refractivity contribution in [1.82, 2.24) is 0 Å². The van der Waals surface area contributed by atoms with Gasteiger partial charge in [0.15, 0.2) is 34.5 Å². The van der Waals surface area contributed by atoms with Gasteiger partial charge in [0.05, 0.1) is 47.7 Å². The summed E-state index contributed by atoms with van der Waals surface area (Å²) in [6.07, 6.45) is 5.36. The summed E-state index contributed by atoms with van der Waals surface area (Å²) in [6.45, 7) is 0. The molecule has 3 rings (SSSR count). The van der Waals surface area contributed by atoms with E-state index in [0.717, 1.165) is 11.1 Å². The molecule has 0 bridgehead atoms. The summed E-state index contributed by atoms with van der Waals surface area (Å²) in [7, 11) is 9.26. The molecule has 200 valence electrons. The van der Waals surface area contributed by atoms with E-state index in [2.05, 4.69) is 4.99 Å². The first-order valence-corrected chi connectivity index (χ1v) is 11.9. The second kappa shape index (κ2) is 13.4. The van der Waals surface area contributed by atoms with E-state index < -0.39 is 0 Å². The van der Waals surface area contributed by atoms with Gasteiger partial charge in [0, 0.05) is 18.2 Å². The van der Waals surface area contributed by atoms with Gasteiger partial charge in [-0.3, -0.25) is 9.79 Å². The summed E-state index contributed by atoms with van der Waals surface area (Å²) in [5.74, 6) is 2.92. The molecule has 0 aliphatic heterocycles. The summed E-state index contributed by atoms with van der Waals surface area (Å²) < 4.78 is 32.2. The van der Waals surface area contributed by atoms with E-state index in [9.17, 15) is 4.79 Å². The van der Waals surface area contributed by atoms with Crippen molar-refractivity contribution in [2.45, 2.75) is 6.42 Å². The van der Waals surface area contributed by atoms with Crippen LogP contribution in [0.2, 0.25) is 5.02 Å². The zero-order valence-electron chi connectivity index (χ0n) is 22.2. The summed E-state index contributed by atoms with van der Waals surface area (Å²) in [5, 5.41) is 0.387. The van der Waals surface area contributed by atoms with Crippen molar-refractivity contribution in [3.05, 3.63) is 64.2 Å². The highest BCUT2D eigenvalue weighted by molar-refractivity contribution is 6.32. The number of benzene rings is 3. The Hall–Kier alpha value is -4.17. The summed E-state index contributed by atoms with van der Waals surface area (Å²) in [4.78, 5) is 17.2. The number of nitrogens with zero attached hydrogens (tertiary/aromatic N) is 1. The molecule has 0 aliphatic carbocycles. The van der Waals surface area contributed by atoms with Gasteiger partial charge < -0.3 is 28.4 Å². The van der Waals surface area contributed by atoms with Gasteiger partial charge in [-0.05, 0) is 53.6 Å². The lowest BCUT2D eigenvalue weighted by Gasteiger charge is -2.13. The van der Waals surface area contributed by atoms with Gasteiger partial charge in [0.1, 0.15) is 5.69 Å². The third-order valence-electron chi connectivity index (χ3n) is 5.62. The molecule has 0 spiro atoms. The largest absolute Gasteiger partial charge is 0.493 e. The van der Waals surface area contributed by atoms with Crippen LogP contribution in [0.15, 0.2) is 47.5 Å². The Morgan fingerprint density at radius 2 is 1.29 bits per heavy atom. The van der Waals surface area contributed by atoms with E-state index in [4.69, 9.17) is 40.0 Å². The lowest BCUT2D eigenvalue weighted by Crippen LogP contribution is -2.01. The molecule has 0 N–H and O–H groups in total. The highest BCUT2D eigenvalue weighted by Crippen LogP contribution is 2.40. The average Bonchev–Trinajstić information content (AvgIpc) is 2.94. The molecule has 9 heteroatoms. The first-order chi connectivity index (χ1) is 18.4. The molecule has 3 aromatic rings. The van der Waals surface area contributed by atoms with E-state index in [1.165, 1.54) is 20.4 Å². The summed E-state index contributed by atoms with van der Waals surface area (Å²) in [5.41, 5.74) is 2.59. The smallest absolute Gasteiger partial charge is 0.203 e. The van der Waals surface area contributed by atoms with Crippen LogP contribution in [0.1, 0.15) is 27.9 Å². The van der Waals surface area contributed by atoms with Gasteiger partial charge in [-0.25, -0.2) is 0 Å². The molecule has 0 aliphatic rings. The Morgan fingerprint density at radius 3 is 1.84 bits per heavy atom. The van der Waals surface area contributed by atoms with Crippen molar-refractivity contribution >= 4 is 41.4 Å². The molecule has 0 amide bonds. The third kappa shape index (κ3) is 6.58. The fourth-order valence-electron chi connectivity index (χ4n) is 3.74. The number of aliphatic imine (C=N–C) groups is 1. The summed E-state index contributed by atoms with van der Waals surface area (Å²) in [6, 6.07) is 12.3. The summed E-state index contributed by atoms with van der Waals surface area (Å²) >= 11 is 6.47. The Morgan fingerprint density at radius 1 is 0.711 bits per heavy atom. The maximum absolute atomic E-state index is 12.7. The van der Waals surface area contributed by atoms with Crippen LogP contribution in [-0.4, -0.2) is 54.7 Å². The van der Waals surface area contributed by atoms with Crippen LogP contribution in [0.5, 0.6) is 34.5 Å². The van der Waals surface area contributed by atoms with E-state index in [1.54, 1.807) is 52.7 Å². The normalized spacial score (nSPS) is 11.0. The molecule has 0 fully saturated rings. The number of rotatable bonds is 12. The molecule has 0 saturated carbocycles. The second-order valence-electron chi connectivity index (χ2n) is 7.86. The highest BCUT2D eigenvalue weighted by Gasteiger charge is 2.13. The predicted molar refractivity (Wildman–Crippen MR) is 150 cm³/mol. The predicted octanol–water partition coefficient (Wildman–Crippen LogP) is 6.54. The van der Waals surface area contributed by atoms with Crippen molar-refractivity contribution in [2.24, 2.45) is 4.99 Å². The molecular weight excluding hydrogens is 510 g/mol. The van der Waals surface area contributed by atoms with Crippen LogP contribution < -0.4 is 28.4 Å². The number of hydrogen-bond donors (Lipinski definition) is 0. The fraction of sp³-hybridized carbons (Fsp3) is 0.241. The maximum Gasteiger partial charge on any atom is 0.203 e. The average molecular weight is 540 g/mol. The van der Waals surface area contributed by atoms with E-state index in [1.807, 2.05) is 30.4 Å². The van der Waals surface area contributed by atoms with Gasteiger partial charge in [0.25, 0.3) is 0 Å². The van der Waals surface area contributed by atoms with Crippen molar-refractivity contribution in [3.63, 3.8) is 0 Å². The monoisotopic (exact) mass is 539 g/mol. The van der Waals surface area contributed by atoms with Gasteiger partial charge in [-0.1, -0.05) is 23.8 Å². The van der Waals surface area contributed by atoms with Crippen LogP contribution in [0.3, 0.4) is 0 Å². The number of carbonyl (C=O) groups excluding carboxylic acids is 1. The Bertz CT molecular complexity index is 1330. The minimum Gasteiger partial charge on any atom is -0.493 e. The van der Waals surface area contributed by atoms with Crippen molar-refractivity contribution < 1.29 is 33.2 Å². The van der Waals surface area contributed by atoms with Crippen molar-refractivity contribution in [2.75, 3.05) is 42.7 Å². The Labute approximate surface area is 227 Å². The third-order valence-corrected chi connectivity index (χ3v) is 5.90. The molecule has 0 aromatic heterocycles. The van der Waals surface area contributed by atoms with Gasteiger partial charge in [-0.2, -0.15) is 0 Å². The molecule has 0 unspecified atom stereocenters. The molecule has 0 radical (unpaired) electrons. The molecule has 38 heavy (non-hydrogen) atoms. The standard InChI is InChI=1S/C29H30ClNO7/c1-33-24-10-9-20(17-25(24)34-2)23(32)11-12-31-22-14-18(13-21(30)28(22)37-5)7-8-19-15-26(35-3)29(38-6)27(16-19)36-4/h7-10,12-17H,11H2,1-6H3/b8-7-,31-12?. The first kappa shape index (κ1) is 28.4. The zero-order chi connectivity index (χ0) is 27.7. The number of hydrogen-bond acceptors (Lipinski definition) is 8. The van der Waals surface area contributed by atoms with E-state index in [-0.39, 0.29) is 12.2 Å². The fourth-order valence-corrected chi connectivity index (χ4v) is 4.04. The lowest BCUT2D eigenvalue weighted by molar-refractivity contribution is 0.100. The second-order valence-corrected chi connectivity index (χ2v) is 8.26. The molecule has 0 saturated heterocycles. The molecule has 0 atom stereocenters. The van der Waals surface area contributed by atoms with Crippen LogP contribution in [0.4, 0.5) is 5.69 Å². The zero-order valence-corrected chi connectivity index (χ0v) is 22.9. The Kier molecular flexibility index (Phi) is 10.0. The highest BCUT2D eigenvalue weighted by atomic mass is 35.5. The van der Waals surface area contributed by atoms with E-state index in [0.29, 0.717) is 50.8 Å². The van der Waals surface area contributed by atoms with Crippen LogP contribution in [0.25, 0.3) is 12.2 Å². The van der Waals surface area contributed by atoms with Crippen LogP contribution >= 0.6 is 11.6 Å². The molecule has 8 nitrogen and oxygen atoms in total. The number of halogens is 1. The first-order valence-electron chi connectivity index (χ1n) is 11.5. The number of ether oxygens (including phenoxy) is 6. The number of carbonyl (C=O) groups is 1. The topological polar surface area (TPSA) is 84.8 Å². The van der Waals surface area contributed by atoms with Gasteiger partial charge >= 0.3 is 0 Å². The van der Waals surface area contributed by atoms with Crippen molar-refractivity contribution in [3.8, 4) is 34.5 Å². The van der Waals surface area contributed by atoms with Gasteiger partial charge in [0.2, 0.25) is 5.75 Å². The molecule has 3 aromatic carbocycles. The molecular formula is C29H30ClNO7. The van der Waals surface area contributed by atoms with E-state index >= 15 is 0 Å². The number of ketones is 1. The van der Waals surface area contributed by atoms with Crippen LogP contribution in [-0.2, 0) is 0 Å². The lowest BCUT2D eigenvalue weighted by atomic mass is 10.1. The number of Topliss-reactive ketones (excluding diaryl/α,β-unsaturated/α-hetero) is 1. The maximum atomic E-state index is 12.7. The van der Waals surface area contributed by atoms with Crippen LogP contribution in [0, 0.1) is 0 Å². The van der Waals surface area contributed by atoms with Crippen molar-refractivity contribution in [1.29, 1.82) is 0 Å². The quantitative estimate of drug-likeness (QED) is 0.147. The minimum absolute atomic E-state index is 0.0712. The number of methoxy groups -OCH3 is 6.